The summed E-state index contributed by atoms with van der Waals surface area (Å²) >= 11 is 5.78. The molecule has 0 bridgehead atoms. The van der Waals surface area contributed by atoms with Gasteiger partial charge in [0.2, 0.25) is 0 Å². The Morgan fingerprint density at radius 2 is 2.00 bits per heavy atom. The average molecular weight is 376 g/mol. The van der Waals surface area contributed by atoms with E-state index in [-0.39, 0.29) is 5.56 Å². The quantitative estimate of drug-likeness (QED) is 0.321. The van der Waals surface area contributed by atoms with Crippen LogP contribution >= 0.6 is 11.6 Å². The lowest BCUT2D eigenvalue weighted by atomic mass is 10.2. The van der Waals surface area contributed by atoms with E-state index >= 15 is 0 Å². The molecule has 2 heterocycles. The zero-order valence-corrected chi connectivity index (χ0v) is 16.1. The molecule has 0 unspecified atom stereocenters. The topological polar surface area (TPSA) is 71.3 Å². The summed E-state index contributed by atoms with van der Waals surface area (Å²) in [5, 5.41) is 7.08. The summed E-state index contributed by atoms with van der Waals surface area (Å²) in [5.41, 5.74) is 2.19. The van der Waals surface area contributed by atoms with Crippen molar-refractivity contribution < 1.29 is 0 Å². The Morgan fingerprint density at radius 3 is 2.69 bits per heavy atom. The molecule has 26 heavy (non-hydrogen) atoms. The van der Waals surface area contributed by atoms with Gasteiger partial charge in [0.05, 0.1) is 0 Å². The zero-order valence-electron chi connectivity index (χ0n) is 15.3. The van der Waals surface area contributed by atoms with Gasteiger partial charge in [0.15, 0.2) is 5.96 Å². The summed E-state index contributed by atoms with van der Waals surface area (Å²) in [6.45, 7) is 4.27. The Morgan fingerprint density at radius 1 is 1.19 bits per heavy atom. The number of guanidine groups is 1. The van der Waals surface area contributed by atoms with Gasteiger partial charge >= 0.3 is 0 Å². The molecule has 7 heteroatoms. The molecule has 0 amide bonds. The van der Waals surface area contributed by atoms with E-state index < -0.39 is 0 Å². The number of hydrogen-bond donors (Lipinski definition) is 2. The van der Waals surface area contributed by atoms with Crippen LogP contribution in [-0.4, -0.2) is 35.6 Å². The number of nitrogens with one attached hydrogen (secondary N) is 2. The van der Waals surface area contributed by atoms with Crippen LogP contribution in [0.5, 0.6) is 0 Å². The lowest BCUT2D eigenvalue weighted by Crippen LogP contribution is -2.38. The molecule has 0 aromatic carbocycles. The first-order chi connectivity index (χ1) is 12.6. The van der Waals surface area contributed by atoms with Crippen LogP contribution < -0.4 is 16.2 Å². The van der Waals surface area contributed by atoms with Crippen LogP contribution in [0.15, 0.2) is 46.3 Å². The van der Waals surface area contributed by atoms with Crippen molar-refractivity contribution in [3.05, 3.63) is 63.3 Å². The van der Waals surface area contributed by atoms with Crippen LogP contribution in [0.4, 0.5) is 0 Å². The monoisotopic (exact) mass is 375 g/mol. The average Bonchev–Trinajstić information content (AvgIpc) is 2.63. The normalized spacial score (nSPS) is 11.4. The highest BCUT2D eigenvalue weighted by Crippen LogP contribution is 2.05. The molecule has 2 rings (SSSR count). The Labute approximate surface area is 159 Å². The van der Waals surface area contributed by atoms with Crippen LogP contribution in [0, 0.1) is 6.92 Å². The summed E-state index contributed by atoms with van der Waals surface area (Å²) in [6.07, 6.45) is 4.53. The number of aryl methyl sites for hydroxylation is 1. The Hall–Kier alpha value is -2.34. The van der Waals surface area contributed by atoms with Gasteiger partial charge < -0.3 is 15.2 Å². The van der Waals surface area contributed by atoms with Gasteiger partial charge in [-0.3, -0.25) is 9.79 Å². The van der Waals surface area contributed by atoms with E-state index in [1.807, 2.05) is 23.6 Å². The van der Waals surface area contributed by atoms with Crippen LogP contribution in [0.3, 0.4) is 0 Å². The van der Waals surface area contributed by atoms with Crippen molar-refractivity contribution in [1.82, 2.24) is 20.2 Å². The van der Waals surface area contributed by atoms with Gasteiger partial charge in [0.25, 0.3) is 5.56 Å². The minimum absolute atomic E-state index is 0.0622. The molecule has 0 aliphatic heterocycles. The molecule has 2 aromatic rings. The molecular formula is C19H26ClN5O. The second-order valence-electron chi connectivity index (χ2n) is 6.03. The highest BCUT2D eigenvalue weighted by molar-refractivity contribution is 6.29. The third kappa shape index (κ3) is 6.52. The van der Waals surface area contributed by atoms with Crippen molar-refractivity contribution in [2.24, 2.45) is 4.99 Å². The Kier molecular flexibility index (Phi) is 8.15. The van der Waals surface area contributed by atoms with Crippen LogP contribution in [0.1, 0.15) is 24.1 Å². The van der Waals surface area contributed by atoms with E-state index in [4.69, 9.17) is 11.6 Å². The van der Waals surface area contributed by atoms with Crippen molar-refractivity contribution in [2.45, 2.75) is 32.7 Å². The minimum atomic E-state index is 0.0622. The fourth-order valence-corrected chi connectivity index (χ4v) is 2.72. The minimum Gasteiger partial charge on any atom is -0.356 e. The summed E-state index contributed by atoms with van der Waals surface area (Å²) in [5.74, 6) is 0.778. The van der Waals surface area contributed by atoms with E-state index in [1.165, 1.54) is 0 Å². The highest BCUT2D eigenvalue weighted by Gasteiger charge is 2.01. The van der Waals surface area contributed by atoms with Gasteiger partial charge in [-0.2, -0.15) is 0 Å². The molecule has 6 nitrogen and oxygen atoms in total. The van der Waals surface area contributed by atoms with Gasteiger partial charge in [-0.15, -0.1) is 0 Å². The van der Waals surface area contributed by atoms with E-state index in [0.29, 0.717) is 5.15 Å². The summed E-state index contributed by atoms with van der Waals surface area (Å²) in [4.78, 5) is 20.1. The van der Waals surface area contributed by atoms with Gasteiger partial charge in [-0.25, -0.2) is 4.98 Å². The molecule has 0 aliphatic rings. The standard InChI is InChI=1S/C19H26ClN5O/c1-15-6-5-7-18(26)25(15)13-4-3-11-22-19(21-2)23-12-10-16-8-9-17(20)24-14-16/h5-9,14H,3-4,10-13H2,1-2H3,(H2,21,22,23). The van der Waals surface area contributed by atoms with Crippen molar-refractivity contribution in [3.63, 3.8) is 0 Å². The number of aliphatic imine (C=N–C) groups is 1. The summed E-state index contributed by atoms with van der Waals surface area (Å²) in [7, 11) is 1.76. The number of nitrogens with zero attached hydrogens (tertiary/aromatic N) is 3. The second-order valence-corrected chi connectivity index (χ2v) is 6.42. The largest absolute Gasteiger partial charge is 0.356 e. The van der Waals surface area contributed by atoms with E-state index in [0.717, 1.165) is 56.1 Å². The smallest absolute Gasteiger partial charge is 0.250 e. The van der Waals surface area contributed by atoms with Crippen molar-refractivity contribution >= 4 is 17.6 Å². The first kappa shape index (κ1) is 20.0. The SMILES string of the molecule is CN=C(NCCCCn1c(C)cccc1=O)NCCc1ccc(Cl)nc1. The number of rotatable bonds is 8. The van der Waals surface area contributed by atoms with Gasteiger partial charge in [0, 0.05) is 44.6 Å². The van der Waals surface area contributed by atoms with Gasteiger partial charge in [0.1, 0.15) is 5.15 Å². The third-order valence-electron chi connectivity index (χ3n) is 4.09. The molecule has 0 atom stereocenters. The molecule has 2 aromatic heterocycles. The van der Waals surface area contributed by atoms with E-state index in [2.05, 4.69) is 20.6 Å². The number of hydrogen-bond acceptors (Lipinski definition) is 3. The van der Waals surface area contributed by atoms with Crippen LogP contribution in [0.2, 0.25) is 5.15 Å². The Balaban J connectivity index is 1.64. The molecule has 0 spiro atoms. The first-order valence-corrected chi connectivity index (χ1v) is 9.19. The molecule has 2 N–H and O–H groups in total. The van der Waals surface area contributed by atoms with Gasteiger partial charge in [-0.05, 0) is 43.9 Å². The van der Waals surface area contributed by atoms with Crippen LogP contribution in [-0.2, 0) is 13.0 Å². The number of pyridine rings is 2. The zero-order chi connectivity index (χ0) is 18.8. The number of aromatic nitrogens is 2. The maximum absolute atomic E-state index is 11.8. The lowest BCUT2D eigenvalue weighted by molar-refractivity contribution is 0.575. The van der Waals surface area contributed by atoms with E-state index in [9.17, 15) is 4.79 Å². The van der Waals surface area contributed by atoms with Crippen LogP contribution in [0.25, 0.3) is 0 Å². The molecular weight excluding hydrogens is 350 g/mol. The second kappa shape index (κ2) is 10.6. The summed E-state index contributed by atoms with van der Waals surface area (Å²) < 4.78 is 1.81. The fourth-order valence-electron chi connectivity index (χ4n) is 2.61. The maximum atomic E-state index is 11.8. The number of unbranched alkanes of at least 4 members (excludes halogenated alkanes) is 1. The molecule has 0 radical (unpaired) electrons. The third-order valence-corrected chi connectivity index (χ3v) is 4.31. The fraction of sp³-hybridized carbons (Fsp3) is 0.421. The predicted molar refractivity (Wildman–Crippen MR) is 107 cm³/mol. The molecule has 0 aliphatic carbocycles. The molecule has 0 saturated heterocycles. The first-order valence-electron chi connectivity index (χ1n) is 8.81. The van der Waals surface area contributed by atoms with Crippen molar-refractivity contribution in [2.75, 3.05) is 20.1 Å². The van der Waals surface area contributed by atoms with Crippen molar-refractivity contribution in [1.29, 1.82) is 0 Å². The summed E-state index contributed by atoms with van der Waals surface area (Å²) in [6, 6.07) is 9.13. The molecule has 0 fully saturated rings. The molecule has 140 valence electrons. The van der Waals surface area contributed by atoms with Crippen molar-refractivity contribution in [3.8, 4) is 0 Å². The maximum Gasteiger partial charge on any atom is 0.250 e. The Bertz CT molecular complexity index is 770. The lowest BCUT2D eigenvalue weighted by Gasteiger charge is -2.12. The molecule has 0 saturated carbocycles. The highest BCUT2D eigenvalue weighted by atomic mass is 35.5. The van der Waals surface area contributed by atoms with E-state index in [1.54, 1.807) is 31.4 Å². The van der Waals surface area contributed by atoms with Gasteiger partial charge in [-0.1, -0.05) is 23.7 Å². The number of halogens is 1. The predicted octanol–water partition coefficient (Wildman–Crippen LogP) is 2.39.